The lowest BCUT2D eigenvalue weighted by Crippen LogP contribution is -2.60. The highest BCUT2D eigenvalue weighted by Crippen LogP contribution is 2.39. The maximum atomic E-state index is 12.9. The van der Waals surface area contributed by atoms with E-state index >= 15 is 0 Å². The molecular weight excluding hydrogens is 353 g/mol. The molecule has 0 saturated carbocycles. The number of nitrogens with two attached hydrogens (primary N) is 2. The molecule has 1 aromatic carbocycles. The van der Waals surface area contributed by atoms with E-state index in [-0.39, 0.29) is 12.3 Å². The van der Waals surface area contributed by atoms with E-state index in [1.807, 2.05) is 37.3 Å². The first-order valence-corrected chi connectivity index (χ1v) is 10.0. The van der Waals surface area contributed by atoms with E-state index in [1.54, 1.807) is 0 Å². The maximum absolute atomic E-state index is 12.9. The van der Waals surface area contributed by atoms with Gasteiger partial charge in [0.15, 0.2) is 0 Å². The molecule has 0 spiro atoms. The van der Waals surface area contributed by atoms with Crippen molar-refractivity contribution in [2.24, 2.45) is 11.6 Å². The average Bonchev–Trinajstić information content (AvgIpc) is 2.64. The quantitative estimate of drug-likeness (QED) is 0.297. The minimum Gasteiger partial charge on any atom is -0.355 e. The lowest BCUT2D eigenvalue weighted by molar-refractivity contribution is -0.137. The highest BCUT2D eigenvalue weighted by molar-refractivity contribution is 7.45. The molecule has 6 N–H and O–H groups in total. The molecule has 8 nitrogen and oxygen atoms in total. The third-order valence-corrected chi connectivity index (χ3v) is 6.06. The second-order valence-corrected chi connectivity index (χ2v) is 8.13. The van der Waals surface area contributed by atoms with Crippen LogP contribution in [0.25, 0.3) is 0 Å². The van der Waals surface area contributed by atoms with Gasteiger partial charge in [0.25, 0.3) is 0 Å². The van der Waals surface area contributed by atoms with Gasteiger partial charge in [-0.15, -0.1) is 0 Å². The summed E-state index contributed by atoms with van der Waals surface area (Å²) in [4.78, 5) is 24.8. The van der Waals surface area contributed by atoms with Crippen LogP contribution in [-0.2, 0) is 20.6 Å². The van der Waals surface area contributed by atoms with Crippen molar-refractivity contribution in [3.05, 3.63) is 35.9 Å². The summed E-state index contributed by atoms with van der Waals surface area (Å²) in [6, 6.07) is 8.65. The summed E-state index contributed by atoms with van der Waals surface area (Å²) in [5.74, 6) is 4.81. The molecule has 1 fully saturated rings. The molecule has 142 valence electrons. The van der Waals surface area contributed by atoms with Gasteiger partial charge in [-0.25, -0.2) is 5.84 Å². The first-order valence-electron chi connectivity index (χ1n) is 8.79. The van der Waals surface area contributed by atoms with Gasteiger partial charge in [0.1, 0.15) is 6.04 Å². The van der Waals surface area contributed by atoms with Crippen LogP contribution >= 0.6 is 7.95 Å². The molecule has 9 heteroatoms. The predicted octanol–water partition coefficient (Wildman–Crippen LogP) is 0.607. The molecule has 2 unspecified atom stereocenters. The number of hydrazine groups is 1. The van der Waals surface area contributed by atoms with Crippen LogP contribution in [-0.4, -0.2) is 41.2 Å². The number of carbonyl (C=O) groups excluding carboxylic acids is 2. The fraction of sp³-hybridized carbons (Fsp3) is 0.529. The number of piperidine rings is 1. The monoisotopic (exact) mass is 380 g/mol. The third kappa shape index (κ3) is 4.86. The first-order chi connectivity index (χ1) is 12.4. The minimum absolute atomic E-state index is 0.260. The van der Waals surface area contributed by atoms with Gasteiger partial charge in [0.2, 0.25) is 5.91 Å². The van der Waals surface area contributed by atoms with Gasteiger partial charge in [-0.3, -0.25) is 20.3 Å². The van der Waals surface area contributed by atoms with Crippen molar-refractivity contribution < 1.29 is 14.2 Å². The fourth-order valence-electron chi connectivity index (χ4n) is 2.84. The molecule has 1 aliphatic rings. The van der Waals surface area contributed by atoms with Crippen molar-refractivity contribution in [1.29, 1.82) is 0 Å². The topological polar surface area (TPSA) is 131 Å². The molecule has 0 radical (unpaired) electrons. The molecule has 0 aromatic heterocycles. The second kappa shape index (κ2) is 9.19. The highest BCUT2D eigenvalue weighted by Gasteiger charge is 2.57. The average molecular weight is 380 g/mol. The molecule has 1 saturated heterocycles. The van der Waals surface area contributed by atoms with E-state index in [4.69, 9.17) is 11.6 Å². The van der Waals surface area contributed by atoms with E-state index in [0.717, 1.165) is 17.0 Å². The van der Waals surface area contributed by atoms with Crippen LogP contribution in [0.2, 0.25) is 0 Å². The third-order valence-electron chi connectivity index (χ3n) is 4.37. The number of hydrogen-bond donors (Lipinski definition) is 4. The SMILES string of the molecule is CCCNC(=O)C(Cc1ccccc1)N[P+](=O)[C@@]1(N)CCCN(N)C1=O. The van der Waals surface area contributed by atoms with Crippen LogP contribution < -0.4 is 22.0 Å². The van der Waals surface area contributed by atoms with E-state index in [0.29, 0.717) is 25.9 Å². The molecule has 0 bridgehead atoms. The van der Waals surface area contributed by atoms with Gasteiger partial charge in [-0.05, 0) is 23.0 Å². The Morgan fingerprint density at radius 3 is 2.73 bits per heavy atom. The van der Waals surface area contributed by atoms with Gasteiger partial charge in [-0.1, -0.05) is 42.3 Å². The zero-order valence-electron chi connectivity index (χ0n) is 15.0. The number of benzene rings is 1. The fourth-order valence-corrected chi connectivity index (χ4v) is 4.22. The molecule has 1 aliphatic heterocycles. The van der Waals surface area contributed by atoms with Gasteiger partial charge in [0, 0.05) is 25.9 Å². The number of nitrogens with one attached hydrogen (secondary N) is 2. The van der Waals surface area contributed by atoms with E-state index < -0.39 is 25.2 Å². The lowest BCUT2D eigenvalue weighted by Gasteiger charge is -2.29. The van der Waals surface area contributed by atoms with Crippen LogP contribution in [0.4, 0.5) is 0 Å². The molecule has 26 heavy (non-hydrogen) atoms. The van der Waals surface area contributed by atoms with Gasteiger partial charge >= 0.3 is 19.1 Å². The van der Waals surface area contributed by atoms with Crippen LogP contribution in [0.1, 0.15) is 31.7 Å². The van der Waals surface area contributed by atoms with E-state index in [9.17, 15) is 14.2 Å². The predicted molar refractivity (Wildman–Crippen MR) is 100 cm³/mol. The Morgan fingerprint density at radius 2 is 2.08 bits per heavy atom. The Labute approximate surface area is 154 Å². The highest BCUT2D eigenvalue weighted by atomic mass is 31.1. The van der Waals surface area contributed by atoms with Gasteiger partial charge in [0.05, 0.1) is 0 Å². The van der Waals surface area contributed by atoms with E-state index in [2.05, 4.69) is 10.4 Å². The Hall–Kier alpha value is -1.86. The van der Waals surface area contributed by atoms with Crippen molar-refractivity contribution in [2.45, 2.75) is 43.9 Å². The molecule has 1 heterocycles. The Bertz CT molecular complexity index is 657. The zero-order chi connectivity index (χ0) is 19.2. The number of nitrogens with zero attached hydrogens (tertiary/aromatic N) is 1. The molecule has 1 aromatic rings. The summed E-state index contributed by atoms with van der Waals surface area (Å²) in [5.41, 5.74) is 7.05. The maximum Gasteiger partial charge on any atom is 0.465 e. The lowest BCUT2D eigenvalue weighted by atomic mass is 10.1. The number of carbonyl (C=O) groups is 2. The Kier molecular flexibility index (Phi) is 7.23. The zero-order valence-corrected chi connectivity index (χ0v) is 15.9. The van der Waals surface area contributed by atoms with Crippen molar-refractivity contribution >= 4 is 19.8 Å². The Balaban J connectivity index is 2.15. The van der Waals surface area contributed by atoms with Crippen LogP contribution in [0.5, 0.6) is 0 Å². The summed E-state index contributed by atoms with van der Waals surface area (Å²) >= 11 is 0. The van der Waals surface area contributed by atoms with Crippen LogP contribution in [0, 0.1) is 0 Å². The molecule has 3 atom stereocenters. The van der Waals surface area contributed by atoms with Crippen LogP contribution in [0.3, 0.4) is 0 Å². The van der Waals surface area contributed by atoms with Gasteiger partial charge in [-0.2, -0.15) is 0 Å². The summed E-state index contributed by atoms with van der Waals surface area (Å²) in [6.07, 6.45) is 1.95. The molecule has 2 rings (SSSR count). The molecule has 2 amide bonds. The summed E-state index contributed by atoms with van der Waals surface area (Å²) in [5, 5.41) is 5.01. The van der Waals surface area contributed by atoms with Crippen molar-refractivity contribution in [1.82, 2.24) is 15.4 Å². The summed E-state index contributed by atoms with van der Waals surface area (Å²) in [6.45, 7) is 2.85. The summed E-state index contributed by atoms with van der Waals surface area (Å²) in [7, 11) is -2.38. The number of rotatable bonds is 8. The Morgan fingerprint density at radius 1 is 1.38 bits per heavy atom. The minimum atomic E-state index is -2.38. The molecule has 0 aliphatic carbocycles. The van der Waals surface area contributed by atoms with Crippen molar-refractivity contribution in [2.75, 3.05) is 13.1 Å². The molecular formula is C17H27N5O3P+. The van der Waals surface area contributed by atoms with Gasteiger partial charge < -0.3 is 5.32 Å². The normalized spacial score (nSPS) is 22.0. The smallest absolute Gasteiger partial charge is 0.355 e. The van der Waals surface area contributed by atoms with Crippen molar-refractivity contribution in [3.8, 4) is 0 Å². The van der Waals surface area contributed by atoms with E-state index in [1.165, 1.54) is 0 Å². The van der Waals surface area contributed by atoms with Crippen molar-refractivity contribution in [3.63, 3.8) is 0 Å². The first kappa shape index (κ1) is 20.5. The summed E-state index contributed by atoms with van der Waals surface area (Å²) < 4.78 is 12.9. The second-order valence-electron chi connectivity index (χ2n) is 6.48. The standard InChI is InChI=1S/C17H26N5O3P/c1-2-10-20-15(23)14(12-13-7-4-3-5-8-13)21-26(25)17(18)9-6-11-22(19)16(17)24/h3-5,7-8,14H,2,6,9-12,18-19H2,1H3,(H-,20,21,23,25)/p+1/t14?,17-/m0/s1. The number of hydrogen-bond acceptors (Lipinski definition) is 5. The number of amides is 2. The largest absolute Gasteiger partial charge is 0.465 e. The van der Waals surface area contributed by atoms with Crippen LogP contribution in [0.15, 0.2) is 30.3 Å².